The van der Waals surface area contributed by atoms with Crippen LogP contribution in [0.4, 0.5) is 8.78 Å². The molecule has 4 heterocycles. The molecule has 6 rings (SSSR count). The summed E-state index contributed by atoms with van der Waals surface area (Å²) in [5, 5.41) is 15.7. The normalized spacial score (nSPS) is 13.0. The molecule has 0 spiro atoms. The van der Waals surface area contributed by atoms with E-state index in [2.05, 4.69) is 30.5 Å². The smallest absolute Gasteiger partial charge is 0.361 e. The van der Waals surface area contributed by atoms with E-state index in [1.165, 1.54) is 21.5 Å². The van der Waals surface area contributed by atoms with Crippen LogP contribution in [0.3, 0.4) is 0 Å². The Kier molecular flexibility index (Phi) is 11.0. The maximum atomic E-state index is 14.2. The number of rotatable bonds is 9. The van der Waals surface area contributed by atoms with Gasteiger partial charge in [-0.2, -0.15) is 0 Å². The van der Waals surface area contributed by atoms with Gasteiger partial charge >= 0.3 is 11.9 Å². The van der Waals surface area contributed by atoms with Gasteiger partial charge in [-0.1, -0.05) is 40.8 Å². The fourth-order valence-corrected chi connectivity index (χ4v) is 4.73. The number of pyridine rings is 1. The lowest BCUT2D eigenvalue weighted by molar-refractivity contribution is 0.0327. The van der Waals surface area contributed by atoms with Gasteiger partial charge in [0.15, 0.2) is 5.69 Å². The van der Waals surface area contributed by atoms with Crippen LogP contribution in [0, 0.1) is 11.6 Å². The monoisotopic (exact) mass is 646 g/mol. The summed E-state index contributed by atoms with van der Waals surface area (Å²) in [5.74, 6) is -2.09. The molecule has 0 unspecified atom stereocenters. The SMILES string of the molecule is CCOC(=O)c1nnn(-c2ccccc2F)c1-c1ccccn1.CCOC(=O)c1nnn(-c2ccccc2F)c1CN1CCOCC1. The third-order valence-electron chi connectivity index (χ3n) is 6.92. The van der Waals surface area contributed by atoms with Gasteiger partial charge in [0, 0.05) is 25.8 Å². The van der Waals surface area contributed by atoms with Gasteiger partial charge in [0.2, 0.25) is 5.69 Å². The second-order valence-electron chi connectivity index (χ2n) is 9.94. The second kappa shape index (κ2) is 15.7. The first-order chi connectivity index (χ1) is 22.9. The third-order valence-corrected chi connectivity index (χ3v) is 6.92. The lowest BCUT2D eigenvalue weighted by Gasteiger charge is -2.26. The largest absolute Gasteiger partial charge is 0.461 e. The van der Waals surface area contributed by atoms with Gasteiger partial charge in [-0.25, -0.2) is 27.7 Å². The first-order valence-electron chi connectivity index (χ1n) is 14.9. The molecule has 47 heavy (non-hydrogen) atoms. The highest BCUT2D eigenvalue weighted by molar-refractivity contribution is 5.94. The van der Waals surface area contributed by atoms with Crippen molar-refractivity contribution in [1.29, 1.82) is 0 Å². The average molecular weight is 647 g/mol. The molecule has 0 aliphatic carbocycles. The summed E-state index contributed by atoms with van der Waals surface area (Å²) in [6.45, 7) is 6.97. The van der Waals surface area contributed by atoms with E-state index in [1.54, 1.807) is 74.6 Å². The zero-order valence-electron chi connectivity index (χ0n) is 25.8. The molecule has 0 saturated carbocycles. The molecule has 15 heteroatoms. The molecule has 0 radical (unpaired) electrons. The second-order valence-corrected chi connectivity index (χ2v) is 9.94. The Morgan fingerprint density at radius 2 is 1.32 bits per heavy atom. The molecular formula is C32H32F2N8O5. The average Bonchev–Trinajstić information content (AvgIpc) is 3.72. The predicted octanol–water partition coefficient (Wildman–Crippen LogP) is 4.06. The first kappa shape index (κ1) is 33.0. The van der Waals surface area contributed by atoms with Crippen molar-refractivity contribution in [3.05, 3.63) is 102 Å². The van der Waals surface area contributed by atoms with Crippen LogP contribution in [0.15, 0.2) is 72.9 Å². The fourth-order valence-electron chi connectivity index (χ4n) is 4.73. The molecule has 1 aliphatic rings. The molecule has 2 aromatic carbocycles. The zero-order valence-corrected chi connectivity index (χ0v) is 25.8. The summed E-state index contributed by atoms with van der Waals surface area (Å²) < 4.78 is 46.3. The molecular weight excluding hydrogens is 614 g/mol. The number of benzene rings is 2. The van der Waals surface area contributed by atoms with Crippen molar-refractivity contribution in [3.8, 4) is 22.8 Å². The van der Waals surface area contributed by atoms with Gasteiger partial charge in [-0.05, 0) is 50.2 Å². The molecule has 3 aromatic heterocycles. The molecule has 5 aromatic rings. The van der Waals surface area contributed by atoms with Crippen molar-refractivity contribution in [3.63, 3.8) is 0 Å². The minimum Gasteiger partial charge on any atom is -0.461 e. The summed E-state index contributed by atoms with van der Waals surface area (Å²) in [7, 11) is 0. The van der Waals surface area contributed by atoms with Crippen LogP contribution >= 0.6 is 0 Å². The highest BCUT2D eigenvalue weighted by Gasteiger charge is 2.26. The Morgan fingerprint density at radius 1 is 0.766 bits per heavy atom. The summed E-state index contributed by atoms with van der Waals surface area (Å²) in [6, 6.07) is 17.6. The number of halogens is 2. The lowest BCUT2D eigenvalue weighted by Crippen LogP contribution is -2.36. The van der Waals surface area contributed by atoms with Crippen molar-refractivity contribution in [2.24, 2.45) is 0 Å². The maximum Gasteiger partial charge on any atom is 0.361 e. The van der Waals surface area contributed by atoms with E-state index in [-0.39, 0.29) is 41.7 Å². The topological polar surface area (TPSA) is 139 Å². The predicted molar refractivity (Wildman–Crippen MR) is 164 cm³/mol. The van der Waals surface area contributed by atoms with Gasteiger partial charge < -0.3 is 14.2 Å². The number of carbonyl (C=O) groups is 2. The number of esters is 2. The minimum atomic E-state index is -0.629. The summed E-state index contributed by atoms with van der Waals surface area (Å²) in [6.07, 6.45) is 1.57. The van der Waals surface area contributed by atoms with Gasteiger partial charge in [0.25, 0.3) is 0 Å². The van der Waals surface area contributed by atoms with Crippen LogP contribution < -0.4 is 0 Å². The van der Waals surface area contributed by atoms with Crippen LogP contribution in [0.25, 0.3) is 22.8 Å². The van der Waals surface area contributed by atoms with Gasteiger partial charge in [-0.15, -0.1) is 10.2 Å². The summed E-state index contributed by atoms with van der Waals surface area (Å²) in [4.78, 5) is 30.6. The number of carbonyl (C=O) groups excluding carboxylic acids is 2. The van der Waals surface area contributed by atoms with Gasteiger partial charge in [0.1, 0.15) is 28.7 Å². The van der Waals surface area contributed by atoms with Crippen molar-refractivity contribution < 1.29 is 32.6 Å². The standard InChI is InChI=1S/C16H19FN4O3.C16H13FN4O2/c1-2-24-16(22)15-14(11-20-7-9-23-10-8-20)21(19-18-15)13-6-4-3-5-12(13)17;1-2-23-16(22)14-15(12-8-5-6-10-18-12)21(20-19-14)13-9-4-3-7-11(13)17/h3-6H,2,7-11H2,1H3;3-10H,2H2,1H3. The first-order valence-corrected chi connectivity index (χ1v) is 14.9. The Bertz CT molecular complexity index is 1810. The number of aromatic nitrogens is 7. The third kappa shape index (κ3) is 7.70. The minimum absolute atomic E-state index is 0.00574. The summed E-state index contributed by atoms with van der Waals surface area (Å²) in [5.41, 5.74) is 1.79. The molecule has 0 N–H and O–H groups in total. The molecule has 1 saturated heterocycles. The highest BCUT2D eigenvalue weighted by Crippen LogP contribution is 2.25. The van der Waals surface area contributed by atoms with Crippen LogP contribution in [-0.4, -0.2) is 91.3 Å². The number of morpholine rings is 1. The molecule has 0 atom stereocenters. The maximum absolute atomic E-state index is 14.2. The number of nitrogens with zero attached hydrogens (tertiary/aromatic N) is 8. The molecule has 13 nitrogen and oxygen atoms in total. The van der Waals surface area contributed by atoms with E-state index >= 15 is 0 Å². The van der Waals surface area contributed by atoms with E-state index in [9.17, 15) is 18.4 Å². The Hall–Kier alpha value is -5.41. The Morgan fingerprint density at radius 3 is 1.91 bits per heavy atom. The van der Waals surface area contributed by atoms with Crippen molar-refractivity contribution >= 4 is 11.9 Å². The number of para-hydroxylation sites is 2. The van der Waals surface area contributed by atoms with E-state index in [0.717, 1.165) is 13.1 Å². The zero-order chi connectivity index (χ0) is 33.2. The van der Waals surface area contributed by atoms with Crippen LogP contribution in [0.1, 0.15) is 40.5 Å². The van der Waals surface area contributed by atoms with E-state index in [4.69, 9.17) is 14.2 Å². The molecule has 0 bridgehead atoms. The van der Waals surface area contributed by atoms with Crippen molar-refractivity contribution in [1.82, 2.24) is 39.9 Å². The van der Waals surface area contributed by atoms with Crippen molar-refractivity contribution in [2.75, 3.05) is 39.5 Å². The number of ether oxygens (including phenoxy) is 3. The van der Waals surface area contributed by atoms with E-state index < -0.39 is 23.6 Å². The molecule has 244 valence electrons. The van der Waals surface area contributed by atoms with Crippen LogP contribution in [0.2, 0.25) is 0 Å². The van der Waals surface area contributed by atoms with Crippen molar-refractivity contribution in [2.45, 2.75) is 20.4 Å². The number of hydrogen-bond donors (Lipinski definition) is 0. The molecule has 1 fully saturated rings. The molecule has 0 amide bonds. The number of hydrogen-bond acceptors (Lipinski definition) is 11. The fraction of sp³-hybridized carbons (Fsp3) is 0.281. The van der Waals surface area contributed by atoms with Crippen LogP contribution in [-0.2, 0) is 20.8 Å². The van der Waals surface area contributed by atoms with E-state index in [1.807, 2.05) is 0 Å². The van der Waals surface area contributed by atoms with Gasteiger partial charge in [-0.3, -0.25) is 9.88 Å². The molecule has 1 aliphatic heterocycles. The van der Waals surface area contributed by atoms with Gasteiger partial charge in [0.05, 0.1) is 37.8 Å². The van der Waals surface area contributed by atoms with Crippen LogP contribution in [0.5, 0.6) is 0 Å². The van der Waals surface area contributed by atoms with E-state index in [0.29, 0.717) is 31.1 Å². The Balaban J connectivity index is 0.000000185. The Labute approximate surface area is 268 Å². The highest BCUT2D eigenvalue weighted by atomic mass is 19.1. The lowest BCUT2D eigenvalue weighted by atomic mass is 10.2. The summed E-state index contributed by atoms with van der Waals surface area (Å²) >= 11 is 0. The quantitative estimate of drug-likeness (QED) is 0.214.